The number of piperidine rings is 1. The fraction of sp³-hybridized carbons (Fsp3) is 0.625. The number of aryl methyl sites for hydroxylation is 1. The summed E-state index contributed by atoms with van der Waals surface area (Å²) in [6.45, 7) is 10.5. The quantitative estimate of drug-likeness (QED) is 0.900. The van der Waals surface area contributed by atoms with Crippen molar-refractivity contribution in [3.8, 4) is 0 Å². The summed E-state index contributed by atoms with van der Waals surface area (Å²) in [7, 11) is 0. The van der Waals surface area contributed by atoms with Crippen LogP contribution in [-0.2, 0) is 0 Å². The van der Waals surface area contributed by atoms with E-state index in [2.05, 4.69) is 31.0 Å². The van der Waals surface area contributed by atoms with Crippen LogP contribution in [-0.4, -0.2) is 25.2 Å². The minimum Gasteiger partial charge on any atom is -0.366 e. The van der Waals surface area contributed by atoms with Crippen LogP contribution >= 0.6 is 0 Å². The average Bonchev–Trinajstić information content (AvgIpc) is 2.37. The van der Waals surface area contributed by atoms with Crippen LogP contribution in [0.3, 0.4) is 0 Å². The summed E-state index contributed by atoms with van der Waals surface area (Å²) in [6.07, 6.45) is 1.08. The van der Waals surface area contributed by atoms with E-state index in [-0.39, 0.29) is 5.82 Å². The van der Waals surface area contributed by atoms with Gasteiger partial charge in [0.1, 0.15) is 5.82 Å². The number of anilines is 1. The lowest BCUT2D eigenvalue weighted by Crippen LogP contribution is -2.53. The first-order valence-corrected chi connectivity index (χ1v) is 7.31. The van der Waals surface area contributed by atoms with Crippen molar-refractivity contribution in [3.63, 3.8) is 0 Å². The summed E-state index contributed by atoms with van der Waals surface area (Å²) < 4.78 is 14.1. The lowest BCUT2D eigenvalue weighted by molar-refractivity contribution is 0.272. The van der Waals surface area contributed by atoms with Gasteiger partial charge in [-0.2, -0.15) is 0 Å². The Hall–Kier alpha value is -1.09. The Morgan fingerprint density at radius 1 is 1.37 bits per heavy atom. The van der Waals surface area contributed by atoms with Crippen molar-refractivity contribution in [2.24, 2.45) is 5.92 Å². The Morgan fingerprint density at radius 2 is 2.11 bits per heavy atom. The van der Waals surface area contributed by atoms with E-state index in [1.165, 1.54) is 0 Å². The van der Waals surface area contributed by atoms with Crippen LogP contribution in [0.1, 0.15) is 32.8 Å². The summed E-state index contributed by atoms with van der Waals surface area (Å²) >= 11 is 0. The molecule has 3 heteroatoms. The summed E-state index contributed by atoms with van der Waals surface area (Å²) in [5, 5.41) is 3.55. The number of halogens is 1. The maximum Gasteiger partial charge on any atom is 0.146 e. The second-order valence-electron chi connectivity index (χ2n) is 5.65. The van der Waals surface area contributed by atoms with Crippen molar-refractivity contribution in [2.75, 3.05) is 18.0 Å². The highest BCUT2D eigenvalue weighted by atomic mass is 19.1. The second-order valence-corrected chi connectivity index (χ2v) is 5.65. The van der Waals surface area contributed by atoms with Crippen molar-refractivity contribution in [3.05, 3.63) is 29.6 Å². The van der Waals surface area contributed by atoms with Crippen LogP contribution in [0.5, 0.6) is 0 Å². The molecule has 3 unspecified atom stereocenters. The van der Waals surface area contributed by atoms with E-state index in [0.717, 1.165) is 30.8 Å². The van der Waals surface area contributed by atoms with Crippen molar-refractivity contribution in [2.45, 2.75) is 46.2 Å². The van der Waals surface area contributed by atoms with Gasteiger partial charge in [0.25, 0.3) is 0 Å². The molecule has 0 saturated carbocycles. The minimum atomic E-state index is -0.0963. The normalized spacial score (nSPS) is 27.6. The van der Waals surface area contributed by atoms with Crippen LogP contribution < -0.4 is 10.2 Å². The van der Waals surface area contributed by atoms with Gasteiger partial charge in [-0.15, -0.1) is 0 Å². The first-order chi connectivity index (χ1) is 9.06. The molecule has 2 rings (SSSR count). The van der Waals surface area contributed by atoms with E-state index in [9.17, 15) is 4.39 Å². The number of benzene rings is 1. The zero-order chi connectivity index (χ0) is 14.0. The standard InChI is InChI=1S/C16H25FN2/c1-5-18-15-9-10-19(13(4)12(15)3)16-11(2)7-6-8-14(16)17/h6-8,12-13,15,18H,5,9-10H2,1-4H3. The number of nitrogens with one attached hydrogen (secondary N) is 1. The Bertz CT molecular complexity index is 413. The summed E-state index contributed by atoms with van der Waals surface area (Å²) in [5.41, 5.74) is 1.82. The number of nitrogens with zero attached hydrogens (tertiary/aromatic N) is 1. The second kappa shape index (κ2) is 5.91. The van der Waals surface area contributed by atoms with Gasteiger partial charge in [-0.25, -0.2) is 4.39 Å². The van der Waals surface area contributed by atoms with E-state index >= 15 is 0 Å². The molecule has 0 radical (unpaired) electrons. The molecule has 0 aromatic heterocycles. The van der Waals surface area contributed by atoms with Crippen LogP contribution in [0.2, 0.25) is 0 Å². The molecular weight excluding hydrogens is 239 g/mol. The number of para-hydroxylation sites is 1. The molecule has 19 heavy (non-hydrogen) atoms. The van der Waals surface area contributed by atoms with Gasteiger partial charge in [0.05, 0.1) is 5.69 Å². The molecule has 1 fully saturated rings. The highest BCUT2D eigenvalue weighted by Gasteiger charge is 2.33. The van der Waals surface area contributed by atoms with E-state index in [4.69, 9.17) is 0 Å². The number of rotatable bonds is 3. The van der Waals surface area contributed by atoms with Crippen molar-refractivity contribution >= 4 is 5.69 Å². The largest absolute Gasteiger partial charge is 0.366 e. The molecule has 3 atom stereocenters. The van der Waals surface area contributed by atoms with Crippen LogP contribution in [0.4, 0.5) is 10.1 Å². The van der Waals surface area contributed by atoms with Gasteiger partial charge in [-0.1, -0.05) is 26.0 Å². The van der Waals surface area contributed by atoms with E-state index < -0.39 is 0 Å². The van der Waals surface area contributed by atoms with Crippen LogP contribution in [0, 0.1) is 18.7 Å². The predicted octanol–water partition coefficient (Wildman–Crippen LogP) is 3.35. The number of hydrogen-bond acceptors (Lipinski definition) is 2. The van der Waals surface area contributed by atoms with Crippen molar-refractivity contribution in [1.82, 2.24) is 5.32 Å². The molecule has 1 N–H and O–H groups in total. The van der Waals surface area contributed by atoms with Crippen LogP contribution in [0.15, 0.2) is 18.2 Å². The molecular formula is C16H25FN2. The lowest BCUT2D eigenvalue weighted by Gasteiger charge is -2.44. The molecule has 1 aliphatic heterocycles. The van der Waals surface area contributed by atoms with Gasteiger partial charge in [0, 0.05) is 18.6 Å². The monoisotopic (exact) mass is 264 g/mol. The molecule has 1 aliphatic rings. The fourth-order valence-electron chi connectivity index (χ4n) is 3.22. The predicted molar refractivity (Wildman–Crippen MR) is 79.2 cm³/mol. The first kappa shape index (κ1) is 14.3. The molecule has 1 aromatic carbocycles. The molecule has 0 bridgehead atoms. The van der Waals surface area contributed by atoms with Crippen molar-refractivity contribution < 1.29 is 4.39 Å². The van der Waals surface area contributed by atoms with Gasteiger partial charge >= 0.3 is 0 Å². The van der Waals surface area contributed by atoms with E-state index in [1.807, 2.05) is 13.0 Å². The zero-order valence-corrected chi connectivity index (χ0v) is 12.4. The maximum atomic E-state index is 14.1. The zero-order valence-electron chi connectivity index (χ0n) is 12.4. The minimum absolute atomic E-state index is 0.0963. The third-order valence-corrected chi connectivity index (χ3v) is 4.51. The van der Waals surface area contributed by atoms with Gasteiger partial charge in [0.2, 0.25) is 0 Å². The van der Waals surface area contributed by atoms with Gasteiger partial charge < -0.3 is 10.2 Å². The Labute approximate surface area is 116 Å². The highest BCUT2D eigenvalue weighted by molar-refractivity contribution is 5.55. The SMILES string of the molecule is CCNC1CCN(c2c(C)cccc2F)C(C)C1C. The third-order valence-electron chi connectivity index (χ3n) is 4.51. The molecule has 1 aromatic rings. The third kappa shape index (κ3) is 2.76. The van der Waals surface area contributed by atoms with E-state index in [0.29, 0.717) is 18.0 Å². The number of hydrogen-bond donors (Lipinski definition) is 1. The first-order valence-electron chi connectivity index (χ1n) is 7.31. The Kier molecular flexibility index (Phi) is 4.46. The van der Waals surface area contributed by atoms with Gasteiger partial charge in [-0.05, 0) is 44.4 Å². The molecule has 0 spiro atoms. The molecule has 1 heterocycles. The summed E-state index contributed by atoms with van der Waals surface area (Å²) in [4.78, 5) is 2.24. The molecule has 0 aliphatic carbocycles. The molecule has 106 valence electrons. The van der Waals surface area contributed by atoms with Crippen LogP contribution in [0.25, 0.3) is 0 Å². The smallest absolute Gasteiger partial charge is 0.146 e. The van der Waals surface area contributed by atoms with E-state index in [1.54, 1.807) is 12.1 Å². The summed E-state index contributed by atoms with van der Waals surface area (Å²) in [5.74, 6) is 0.425. The lowest BCUT2D eigenvalue weighted by atomic mass is 9.86. The summed E-state index contributed by atoms with van der Waals surface area (Å²) in [6, 6.07) is 6.24. The average molecular weight is 264 g/mol. The Balaban J connectivity index is 2.23. The fourth-order valence-corrected chi connectivity index (χ4v) is 3.22. The molecule has 0 amide bonds. The van der Waals surface area contributed by atoms with Gasteiger partial charge in [-0.3, -0.25) is 0 Å². The topological polar surface area (TPSA) is 15.3 Å². The molecule has 2 nitrogen and oxygen atoms in total. The highest BCUT2D eigenvalue weighted by Crippen LogP contribution is 2.32. The van der Waals surface area contributed by atoms with Crippen molar-refractivity contribution in [1.29, 1.82) is 0 Å². The van der Waals surface area contributed by atoms with Gasteiger partial charge in [0.15, 0.2) is 0 Å². The maximum absolute atomic E-state index is 14.1. The molecule has 1 saturated heterocycles. The Morgan fingerprint density at radius 3 is 2.74 bits per heavy atom.